The molecule has 0 saturated heterocycles. The average Bonchev–Trinajstić information content (AvgIpc) is 2.48. The fourth-order valence-corrected chi connectivity index (χ4v) is 3.05. The van der Waals surface area contributed by atoms with Gasteiger partial charge in [-0.1, -0.05) is 15.9 Å². The first-order chi connectivity index (χ1) is 6.20. The van der Waals surface area contributed by atoms with Crippen molar-refractivity contribution in [2.24, 2.45) is 0 Å². The van der Waals surface area contributed by atoms with Crippen molar-refractivity contribution in [3.05, 3.63) is 20.3 Å². The molecule has 0 fully saturated rings. The molecule has 2 nitrogen and oxygen atoms in total. The van der Waals surface area contributed by atoms with Crippen LogP contribution in [0, 0.1) is 0 Å². The van der Waals surface area contributed by atoms with E-state index in [4.69, 9.17) is 0 Å². The van der Waals surface area contributed by atoms with Crippen LogP contribution in [0.15, 0.2) is 9.85 Å². The molecule has 0 aromatic carbocycles. The zero-order valence-corrected chi connectivity index (χ0v) is 11.0. The van der Waals surface area contributed by atoms with Crippen LogP contribution in [-0.2, 0) is 11.2 Å². The molecule has 0 atom stereocenters. The summed E-state index contributed by atoms with van der Waals surface area (Å²) in [7, 11) is 1.40. The molecular weight excluding hydrogens is 320 g/mol. The minimum atomic E-state index is -0.258. The summed E-state index contributed by atoms with van der Waals surface area (Å²) in [5, 5.41) is 2.75. The molecule has 0 saturated carbocycles. The van der Waals surface area contributed by atoms with Gasteiger partial charge in [0.2, 0.25) is 0 Å². The van der Waals surface area contributed by atoms with Gasteiger partial charge in [0.15, 0.2) is 0 Å². The summed E-state index contributed by atoms with van der Waals surface area (Å²) in [5.74, 6) is -0.258. The highest BCUT2D eigenvalue weighted by atomic mass is 79.9. The van der Waals surface area contributed by atoms with Crippen molar-refractivity contribution in [1.29, 1.82) is 0 Å². The van der Waals surface area contributed by atoms with Crippen LogP contribution in [0.2, 0.25) is 0 Å². The van der Waals surface area contributed by atoms with Gasteiger partial charge in [-0.15, -0.1) is 11.3 Å². The maximum absolute atomic E-state index is 11.3. The summed E-state index contributed by atoms with van der Waals surface area (Å²) in [6.07, 6.45) is 0.828. The van der Waals surface area contributed by atoms with Crippen LogP contribution in [0.3, 0.4) is 0 Å². The van der Waals surface area contributed by atoms with Crippen LogP contribution in [-0.4, -0.2) is 18.4 Å². The standard InChI is InChI=1S/C8H8Br2O2S/c1-12-8(11)7-5(2-3-9)6(10)4-13-7/h4H,2-3H2,1H3. The van der Waals surface area contributed by atoms with Crippen molar-refractivity contribution in [3.8, 4) is 0 Å². The van der Waals surface area contributed by atoms with E-state index in [1.165, 1.54) is 18.4 Å². The second-order valence-electron chi connectivity index (χ2n) is 2.32. The van der Waals surface area contributed by atoms with Crippen molar-refractivity contribution in [2.75, 3.05) is 12.4 Å². The number of hydrogen-bond acceptors (Lipinski definition) is 3. The summed E-state index contributed by atoms with van der Waals surface area (Å²) in [4.78, 5) is 12.0. The SMILES string of the molecule is COC(=O)c1scc(Br)c1CCBr. The topological polar surface area (TPSA) is 26.3 Å². The summed E-state index contributed by atoms with van der Waals surface area (Å²) < 4.78 is 5.66. The fraction of sp³-hybridized carbons (Fsp3) is 0.375. The maximum atomic E-state index is 11.3. The molecule has 1 aromatic heterocycles. The highest BCUT2D eigenvalue weighted by Crippen LogP contribution is 2.28. The molecule has 1 heterocycles. The molecule has 0 bridgehead atoms. The third-order valence-electron chi connectivity index (χ3n) is 1.56. The summed E-state index contributed by atoms with van der Waals surface area (Å²) >= 11 is 8.15. The lowest BCUT2D eigenvalue weighted by molar-refractivity contribution is 0.0605. The highest BCUT2D eigenvalue weighted by Gasteiger charge is 2.16. The predicted molar refractivity (Wildman–Crippen MR) is 60.9 cm³/mol. The van der Waals surface area contributed by atoms with Crippen molar-refractivity contribution < 1.29 is 9.53 Å². The molecule has 0 aliphatic carbocycles. The van der Waals surface area contributed by atoms with E-state index >= 15 is 0 Å². The first-order valence-electron chi connectivity index (χ1n) is 3.60. The second-order valence-corrected chi connectivity index (χ2v) is 4.85. The van der Waals surface area contributed by atoms with Gasteiger partial charge in [0.1, 0.15) is 4.88 Å². The number of thiophene rings is 1. The Morgan fingerprint density at radius 1 is 1.69 bits per heavy atom. The van der Waals surface area contributed by atoms with E-state index in [-0.39, 0.29) is 5.97 Å². The lowest BCUT2D eigenvalue weighted by Gasteiger charge is -2.00. The van der Waals surface area contributed by atoms with Gasteiger partial charge in [-0.2, -0.15) is 0 Å². The Hall–Kier alpha value is 0.130. The molecule has 72 valence electrons. The van der Waals surface area contributed by atoms with Crippen molar-refractivity contribution in [2.45, 2.75) is 6.42 Å². The maximum Gasteiger partial charge on any atom is 0.348 e. The van der Waals surface area contributed by atoms with E-state index in [1.807, 2.05) is 5.38 Å². The monoisotopic (exact) mass is 326 g/mol. The number of hydrogen-bond donors (Lipinski definition) is 0. The number of rotatable bonds is 3. The van der Waals surface area contributed by atoms with Gasteiger partial charge in [0, 0.05) is 15.2 Å². The van der Waals surface area contributed by atoms with Crippen LogP contribution >= 0.6 is 43.2 Å². The Morgan fingerprint density at radius 3 is 2.92 bits per heavy atom. The zero-order chi connectivity index (χ0) is 9.84. The van der Waals surface area contributed by atoms with E-state index in [0.29, 0.717) is 4.88 Å². The van der Waals surface area contributed by atoms with Gasteiger partial charge in [-0.05, 0) is 27.9 Å². The van der Waals surface area contributed by atoms with Gasteiger partial charge >= 0.3 is 5.97 Å². The predicted octanol–water partition coefficient (Wildman–Crippen LogP) is 3.23. The number of carbonyl (C=O) groups is 1. The number of alkyl halides is 1. The molecule has 13 heavy (non-hydrogen) atoms. The van der Waals surface area contributed by atoms with E-state index in [0.717, 1.165) is 21.8 Å². The molecule has 0 spiro atoms. The number of methoxy groups -OCH3 is 1. The Balaban J connectivity index is 2.99. The van der Waals surface area contributed by atoms with Crippen molar-refractivity contribution in [3.63, 3.8) is 0 Å². The highest BCUT2D eigenvalue weighted by molar-refractivity contribution is 9.10. The lowest BCUT2D eigenvalue weighted by atomic mass is 10.2. The fourth-order valence-electron chi connectivity index (χ4n) is 0.953. The normalized spacial score (nSPS) is 10.1. The van der Waals surface area contributed by atoms with E-state index in [2.05, 4.69) is 36.6 Å². The number of ether oxygens (including phenoxy) is 1. The van der Waals surface area contributed by atoms with Crippen LogP contribution in [0.5, 0.6) is 0 Å². The largest absolute Gasteiger partial charge is 0.465 e. The molecule has 1 rings (SSSR count). The smallest absolute Gasteiger partial charge is 0.348 e. The van der Waals surface area contributed by atoms with E-state index in [1.54, 1.807) is 0 Å². The number of esters is 1. The molecule has 1 aromatic rings. The molecule has 0 radical (unpaired) electrons. The molecule has 5 heteroatoms. The Bertz CT molecular complexity index is 309. The number of carbonyl (C=O) groups excluding carboxylic acids is 1. The molecule has 0 amide bonds. The van der Waals surface area contributed by atoms with Crippen LogP contribution in [0.1, 0.15) is 15.2 Å². The van der Waals surface area contributed by atoms with Gasteiger partial charge in [0.05, 0.1) is 7.11 Å². The van der Waals surface area contributed by atoms with E-state index < -0.39 is 0 Å². The Kier molecular flexibility index (Phi) is 4.41. The zero-order valence-electron chi connectivity index (χ0n) is 6.97. The van der Waals surface area contributed by atoms with Crippen molar-refractivity contribution in [1.82, 2.24) is 0 Å². The second kappa shape index (κ2) is 5.12. The summed E-state index contributed by atoms with van der Waals surface area (Å²) in [6, 6.07) is 0. The third kappa shape index (κ3) is 2.54. The number of halogens is 2. The van der Waals surface area contributed by atoms with Crippen LogP contribution in [0.25, 0.3) is 0 Å². The Labute approximate surface area is 97.5 Å². The van der Waals surface area contributed by atoms with Crippen LogP contribution in [0.4, 0.5) is 0 Å². The summed E-state index contributed by atoms with van der Waals surface area (Å²) in [6.45, 7) is 0. The summed E-state index contributed by atoms with van der Waals surface area (Å²) in [5.41, 5.74) is 1.02. The minimum Gasteiger partial charge on any atom is -0.465 e. The molecule has 0 aliphatic rings. The molecular formula is C8H8Br2O2S. The van der Waals surface area contributed by atoms with Crippen molar-refractivity contribution >= 4 is 49.2 Å². The molecule has 0 unspecified atom stereocenters. The quantitative estimate of drug-likeness (QED) is 0.629. The Morgan fingerprint density at radius 2 is 2.38 bits per heavy atom. The van der Waals surface area contributed by atoms with Gasteiger partial charge in [-0.3, -0.25) is 0 Å². The third-order valence-corrected chi connectivity index (χ3v) is 3.97. The van der Waals surface area contributed by atoms with Crippen LogP contribution < -0.4 is 0 Å². The average molecular weight is 328 g/mol. The van der Waals surface area contributed by atoms with Gasteiger partial charge in [0.25, 0.3) is 0 Å². The van der Waals surface area contributed by atoms with E-state index in [9.17, 15) is 4.79 Å². The lowest BCUT2D eigenvalue weighted by Crippen LogP contribution is -2.02. The minimum absolute atomic E-state index is 0.258. The first kappa shape index (κ1) is 11.2. The molecule has 0 N–H and O–H groups in total. The molecule has 0 aliphatic heterocycles. The van der Waals surface area contributed by atoms with Gasteiger partial charge in [-0.25, -0.2) is 4.79 Å². The van der Waals surface area contributed by atoms with Gasteiger partial charge < -0.3 is 4.74 Å². The first-order valence-corrected chi connectivity index (χ1v) is 6.40.